The van der Waals surface area contributed by atoms with E-state index in [0.717, 1.165) is 26.1 Å². The first-order valence-corrected chi connectivity index (χ1v) is 7.56. The molecule has 1 aliphatic heterocycles. The fraction of sp³-hybridized carbons (Fsp3) is 1.00. The molecule has 114 valence electrons. The highest BCUT2D eigenvalue weighted by Gasteiger charge is 2.17. The van der Waals surface area contributed by atoms with Crippen LogP contribution in [0.25, 0.3) is 0 Å². The summed E-state index contributed by atoms with van der Waals surface area (Å²) in [7, 11) is 4.27. The molecule has 19 heavy (non-hydrogen) atoms. The summed E-state index contributed by atoms with van der Waals surface area (Å²) in [6.45, 7) is 11.6. The molecule has 2 N–H and O–H groups in total. The van der Waals surface area contributed by atoms with Gasteiger partial charge >= 0.3 is 0 Å². The van der Waals surface area contributed by atoms with Crippen molar-refractivity contribution in [1.82, 2.24) is 14.7 Å². The molecule has 1 unspecified atom stereocenters. The normalized spacial score (nSPS) is 20.1. The molecule has 0 aromatic heterocycles. The molecule has 1 saturated heterocycles. The maximum atomic E-state index is 5.71. The van der Waals surface area contributed by atoms with Crippen LogP contribution in [0.2, 0.25) is 0 Å². The molecule has 0 bridgehead atoms. The Balaban J connectivity index is 2.12. The zero-order valence-corrected chi connectivity index (χ0v) is 13.0. The van der Waals surface area contributed by atoms with Gasteiger partial charge in [-0.15, -0.1) is 0 Å². The van der Waals surface area contributed by atoms with Crippen LogP contribution in [0, 0.1) is 0 Å². The molecule has 0 aromatic carbocycles. The van der Waals surface area contributed by atoms with E-state index in [1.807, 2.05) is 6.92 Å². The number of rotatable bonds is 9. The first-order valence-electron chi connectivity index (χ1n) is 7.56. The molecule has 0 aliphatic carbocycles. The summed E-state index contributed by atoms with van der Waals surface area (Å²) in [6.07, 6.45) is 1.29. The van der Waals surface area contributed by atoms with Gasteiger partial charge in [-0.3, -0.25) is 4.90 Å². The first-order chi connectivity index (χ1) is 9.15. The summed E-state index contributed by atoms with van der Waals surface area (Å²) in [6, 6.07) is 0. The van der Waals surface area contributed by atoms with Gasteiger partial charge in [-0.1, -0.05) is 0 Å². The van der Waals surface area contributed by atoms with E-state index in [0.29, 0.717) is 6.54 Å². The minimum absolute atomic E-state index is 0.233. The number of nitrogens with zero attached hydrogens (tertiary/aromatic N) is 3. The minimum Gasteiger partial charge on any atom is -0.377 e. The molecule has 1 atom stereocenters. The SMILES string of the molecule is CCOC(CN)CCN1CCN(CCN(C)C)CC1. The van der Waals surface area contributed by atoms with E-state index in [2.05, 4.69) is 28.8 Å². The third-order valence-electron chi connectivity index (χ3n) is 3.76. The summed E-state index contributed by atoms with van der Waals surface area (Å²) in [4.78, 5) is 7.34. The van der Waals surface area contributed by atoms with Gasteiger partial charge in [0.05, 0.1) is 6.10 Å². The monoisotopic (exact) mass is 272 g/mol. The number of hydrogen-bond donors (Lipinski definition) is 1. The number of nitrogens with two attached hydrogens (primary N) is 1. The lowest BCUT2D eigenvalue weighted by Crippen LogP contribution is -2.48. The number of piperazine rings is 1. The highest BCUT2D eigenvalue weighted by atomic mass is 16.5. The fourth-order valence-corrected chi connectivity index (χ4v) is 2.41. The second kappa shape index (κ2) is 9.66. The highest BCUT2D eigenvalue weighted by molar-refractivity contribution is 4.73. The van der Waals surface area contributed by atoms with E-state index < -0.39 is 0 Å². The number of likely N-dealkylation sites (N-methyl/N-ethyl adjacent to an activating group) is 1. The Kier molecular flexibility index (Phi) is 8.57. The standard InChI is InChI=1S/C14H32N4O/c1-4-19-14(13-15)5-6-17-9-11-18(12-10-17)8-7-16(2)3/h14H,4-13,15H2,1-3H3. The van der Waals surface area contributed by atoms with E-state index in [1.54, 1.807) is 0 Å². The van der Waals surface area contributed by atoms with Crippen molar-refractivity contribution in [2.24, 2.45) is 5.73 Å². The van der Waals surface area contributed by atoms with Crippen LogP contribution in [0.5, 0.6) is 0 Å². The summed E-state index contributed by atoms with van der Waals surface area (Å²) in [5.41, 5.74) is 5.71. The average molecular weight is 272 g/mol. The molecule has 0 radical (unpaired) electrons. The van der Waals surface area contributed by atoms with Crippen molar-refractivity contribution in [3.63, 3.8) is 0 Å². The third-order valence-corrected chi connectivity index (χ3v) is 3.76. The van der Waals surface area contributed by atoms with Gasteiger partial charge in [0.25, 0.3) is 0 Å². The molecule has 5 nitrogen and oxygen atoms in total. The molecule has 1 aliphatic rings. The first kappa shape index (κ1) is 16.9. The molecule has 0 amide bonds. The van der Waals surface area contributed by atoms with Crippen molar-refractivity contribution in [3.05, 3.63) is 0 Å². The summed E-state index contributed by atoms with van der Waals surface area (Å²) in [5.74, 6) is 0. The smallest absolute Gasteiger partial charge is 0.0709 e. The highest BCUT2D eigenvalue weighted by Crippen LogP contribution is 2.05. The lowest BCUT2D eigenvalue weighted by Gasteiger charge is -2.35. The van der Waals surface area contributed by atoms with Crippen LogP contribution in [0.4, 0.5) is 0 Å². The maximum Gasteiger partial charge on any atom is 0.0709 e. The predicted molar refractivity (Wildman–Crippen MR) is 80.5 cm³/mol. The van der Waals surface area contributed by atoms with E-state index in [-0.39, 0.29) is 6.10 Å². The molecule has 1 rings (SSSR count). The quantitative estimate of drug-likeness (QED) is 0.636. The van der Waals surface area contributed by atoms with E-state index in [1.165, 1.54) is 32.7 Å². The van der Waals surface area contributed by atoms with Crippen molar-refractivity contribution in [3.8, 4) is 0 Å². The Morgan fingerprint density at radius 3 is 2.16 bits per heavy atom. The van der Waals surface area contributed by atoms with Gasteiger partial charge in [-0.05, 0) is 27.4 Å². The van der Waals surface area contributed by atoms with Crippen LogP contribution in [0.15, 0.2) is 0 Å². The van der Waals surface area contributed by atoms with Crippen molar-refractivity contribution in [2.45, 2.75) is 19.4 Å². The fourth-order valence-electron chi connectivity index (χ4n) is 2.41. The Morgan fingerprint density at radius 2 is 1.68 bits per heavy atom. The van der Waals surface area contributed by atoms with Gasteiger partial charge in [0.2, 0.25) is 0 Å². The summed E-state index contributed by atoms with van der Waals surface area (Å²) in [5, 5.41) is 0. The van der Waals surface area contributed by atoms with Gasteiger partial charge in [-0.25, -0.2) is 0 Å². The van der Waals surface area contributed by atoms with Crippen molar-refractivity contribution in [2.75, 3.05) is 73.1 Å². The van der Waals surface area contributed by atoms with E-state index in [4.69, 9.17) is 10.5 Å². The molecule has 0 saturated carbocycles. The average Bonchev–Trinajstić information content (AvgIpc) is 2.42. The topological polar surface area (TPSA) is 45.0 Å². The maximum absolute atomic E-state index is 5.71. The van der Waals surface area contributed by atoms with Gasteiger partial charge in [0.1, 0.15) is 0 Å². The molecular formula is C14H32N4O. The van der Waals surface area contributed by atoms with E-state index in [9.17, 15) is 0 Å². The molecule has 1 heterocycles. The Hall–Kier alpha value is -0.200. The van der Waals surface area contributed by atoms with Crippen LogP contribution in [-0.4, -0.2) is 93.9 Å². The summed E-state index contributed by atoms with van der Waals surface area (Å²) < 4.78 is 5.60. The molecule has 1 fully saturated rings. The molecular weight excluding hydrogens is 240 g/mol. The molecule has 0 aromatic rings. The lowest BCUT2D eigenvalue weighted by molar-refractivity contribution is 0.0469. The van der Waals surface area contributed by atoms with Crippen LogP contribution >= 0.6 is 0 Å². The van der Waals surface area contributed by atoms with Gasteiger partial charge < -0.3 is 20.3 Å². The zero-order chi connectivity index (χ0) is 14.1. The van der Waals surface area contributed by atoms with Crippen molar-refractivity contribution in [1.29, 1.82) is 0 Å². The lowest BCUT2D eigenvalue weighted by atomic mass is 10.2. The minimum atomic E-state index is 0.233. The number of ether oxygens (including phenoxy) is 1. The second-order valence-electron chi connectivity index (χ2n) is 5.59. The third kappa shape index (κ3) is 7.22. The zero-order valence-electron chi connectivity index (χ0n) is 13.0. The Bertz CT molecular complexity index is 217. The van der Waals surface area contributed by atoms with Crippen LogP contribution in [0.1, 0.15) is 13.3 Å². The van der Waals surface area contributed by atoms with Crippen molar-refractivity contribution < 1.29 is 4.74 Å². The van der Waals surface area contributed by atoms with Gasteiger partial charge in [-0.2, -0.15) is 0 Å². The van der Waals surface area contributed by atoms with Gasteiger partial charge in [0, 0.05) is 59.0 Å². The Labute approximate surface area is 118 Å². The van der Waals surface area contributed by atoms with Gasteiger partial charge in [0.15, 0.2) is 0 Å². The Morgan fingerprint density at radius 1 is 1.11 bits per heavy atom. The van der Waals surface area contributed by atoms with Crippen LogP contribution in [0.3, 0.4) is 0 Å². The molecule has 0 spiro atoms. The second-order valence-corrected chi connectivity index (χ2v) is 5.59. The van der Waals surface area contributed by atoms with Crippen LogP contribution in [-0.2, 0) is 4.74 Å². The van der Waals surface area contributed by atoms with E-state index >= 15 is 0 Å². The predicted octanol–water partition coefficient (Wildman–Crippen LogP) is -0.0805. The summed E-state index contributed by atoms with van der Waals surface area (Å²) >= 11 is 0. The molecule has 5 heteroatoms. The van der Waals surface area contributed by atoms with Crippen molar-refractivity contribution >= 4 is 0 Å². The largest absolute Gasteiger partial charge is 0.377 e. The number of hydrogen-bond acceptors (Lipinski definition) is 5. The van der Waals surface area contributed by atoms with Crippen LogP contribution < -0.4 is 5.73 Å².